The van der Waals surface area contributed by atoms with Crippen molar-refractivity contribution in [3.05, 3.63) is 48.6 Å². The number of rotatable bonds is 0. The molecule has 1 heterocycles. The Morgan fingerprint density at radius 1 is 0.650 bits per heavy atom. The van der Waals surface area contributed by atoms with Crippen molar-refractivity contribution in [1.29, 1.82) is 0 Å². The van der Waals surface area contributed by atoms with Crippen molar-refractivity contribution in [3.8, 4) is 0 Å². The normalized spacial score (nSPS) is 38.2. The van der Waals surface area contributed by atoms with E-state index in [0.29, 0.717) is 0 Å². The first-order valence-corrected chi connectivity index (χ1v) is 9.47. The van der Waals surface area contributed by atoms with Gasteiger partial charge in [0.1, 0.15) is 0 Å². The molecule has 5 rings (SSSR count). The Morgan fingerprint density at radius 2 is 1.00 bits per heavy atom. The lowest BCUT2D eigenvalue weighted by Crippen LogP contribution is -2.54. The van der Waals surface area contributed by atoms with E-state index in [2.05, 4.69) is 0 Å². The van der Waals surface area contributed by atoms with Crippen LogP contribution in [0.1, 0.15) is 0 Å². The van der Waals surface area contributed by atoms with Crippen LogP contribution in [0.2, 0.25) is 0 Å². The quantitative estimate of drug-likeness (QED) is 0.679. The van der Waals surface area contributed by atoms with E-state index in [1.54, 1.807) is 12.1 Å². The molecule has 4 nitrogen and oxygen atoms in total. The maximum absolute atomic E-state index is 12.8. The third kappa shape index (κ3) is 1.31. The van der Waals surface area contributed by atoms with Crippen molar-refractivity contribution in [2.24, 2.45) is 11.8 Å². The first-order chi connectivity index (χ1) is 9.44. The zero-order chi connectivity index (χ0) is 14.1. The largest absolute Gasteiger partial charge is 0.223 e. The zero-order valence-corrected chi connectivity index (χ0v) is 12.0. The van der Waals surface area contributed by atoms with Crippen LogP contribution >= 0.6 is 0 Å². The predicted molar refractivity (Wildman–Crippen MR) is 73.6 cm³/mol. The van der Waals surface area contributed by atoms with Gasteiger partial charge in [0.15, 0.2) is 19.7 Å². The molecular formula is C14H12O4S2. The number of sulfone groups is 2. The molecule has 0 aromatic heterocycles. The highest BCUT2D eigenvalue weighted by Gasteiger charge is 2.56. The van der Waals surface area contributed by atoms with E-state index in [1.165, 1.54) is 12.1 Å². The van der Waals surface area contributed by atoms with Crippen LogP contribution in [0.15, 0.2) is 58.4 Å². The van der Waals surface area contributed by atoms with E-state index in [1.807, 2.05) is 24.3 Å². The van der Waals surface area contributed by atoms with Gasteiger partial charge in [-0.25, -0.2) is 16.8 Å². The number of hydrogen-bond acceptors (Lipinski definition) is 4. The molecular weight excluding hydrogens is 296 g/mol. The van der Waals surface area contributed by atoms with Gasteiger partial charge in [-0.15, -0.1) is 0 Å². The minimum atomic E-state index is -3.63. The molecule has 1 aliphatic heterocycles. The molecule has 1 aromatic carbocycles. The Bertz CT molecular complexity index is 777. The summed E-state index contributed by atoms with van der Waals surface area (Å²) < 4.78 is 51.1. The summed E-state index contributed by atoms with van der Waals surface area (Å²) in [5.41, 5.74) is 0. The van der Waals surface area contributed by atoms with Crippen LogP contribution in [0.4, 0.5) is 0 Å². The number of fused-ring (bicyclic) bond motifs is 1. The molecule has 4 aliphatic rings. The average Bonchev–Trinajstić information content (AvgIpc) is 2.46. The fraction of sp³-hybridized carbons (Fsp3) is 0.286. The fourth-order valence-electron chi connectivity index (χ4n) is 3.50. The number of benzene rings is 1. The summed E-state index contributed by atoms with van der Waals surface area (Å²) in [5.74, 6) is -0.698. The van der Waals surface area contributed by atoms with Gasteiger partial charge in [0.25, 0.3) is 0 Å². The molecule has 2 bridgehead atoms. The molecule has 6 heteroatoms. The Kier molecular flexibility index (Phi) is 2.24. The first-order valence-electron chi connectivity index (χ1n) is 6.37. The Labute approximate surface area is 117 Å². The molecule has 0 amide bonds. The maximum Gasteiger partial charge on any atom is 0.184 e. The standard InChI is InChI=1S/C14H12O4S2/c15-19(16)11-3-1-2-4-12(11)20(17,18)14-10-7-5-9(6-8-10)13(14)19/h1-10,13-14H/t9?,10?,13-,14+. The topological polar surface area (TPSA) is 68.3 Å². The van der Waals surface area contributed by atoms with Crippen molar-refractivity contribution in [3.63, 3.8) is 0 Å². The lowest BCUT2D eigenvalue weighted by molar-refractivity contribution is 0.469. The molecule has 0 saturated carbocycles. The van der Waals surface area contributed by atoms with Crippen LogP contribution in [-0.4, -0.2) is 27.3 Å². The summed E-state index contributed by atoms with van der Waals surface area (Å²) in [6, 6.07) is 5.93. The lowest BCUT2D eigenvalue weighted by Gasteiger charge is -2.43. The van der Waals surface area contributed by atoms with E-state index in [0.717, 1.165) is 0 Å². The number of hydrogen-bond donors (Lipinski definition) is 0. The van der Waals surface area contributed by atoms with Crippen LogP contribution in [0.3, 0.4) is 0 Å². The summed E-state index contributed by atoms with van der Waals surface area (Å²) in [7, 11) is -7.25. The number of allylic oxidation sites excluding steroid dienone is 4. The molecule has 2 atom stereocenters. The molecule has 1 aromatic rings. The molecule has 0 fully saturated rings. The molecule has 0 spiro atoms. The molecule has 3 aliphatic carbocycles. The Morgan fingerprint density at radius 3 is 1.35 bits per heavy atom. The lowest BCUT2D eigenvalue weighted by atomic mass is 9.81. The second-order valence-corrected chi connectivity index (χ2v) is 9.54. The summed E-state index contributed by atoms with van der Waals surface area (Å²) in [6.45, 7) is 0. The van der Waals surface area contributed by atoms with Gasteiger partial charge in [0, 0.05) is 11.8 Å². The monoisotopic (exact) mass is 308 g/mol. The SMILES string of the molecule is O=S1(=O)c2ccccc2S(=O)(=O)[C@H]2C3C=CC(C=C3)[C@H]21. The second-order valence-electron chi connectivity index (χ2n) is 5.39. The molecule has 0 radical (unpaired) electrons. The molecule has 104 valence electrons. The van der Waals surface area contributed by atoms with Crippen LogP contribution in [0, 0.1) is 11.8 Å². The van der Waals surface area contributed by atoms with Gasteiger partial charge in [0.05, 0.1) is 20.3 Å². The third-order valence-corrected chi connectivity index (χ3v) is 9.26. The van der Waals surface area contributed by atoms with Gasteiger partial charge in [-0.2, -0.15) is 0 Å². The summed E-state index contributed by atoms with van der Waals surface area (Å²) in [6.07, 6.45) is 7.25. The van der Waals surface area contributed by atoms with Gasteiger partial charge >= 0.3 is 0 Å². The van der Waals surface area contributed by atoms with E-state index >= 15 is 0 Å². The molecule has 20 heavy (non-hydrogen) atoms. The van der Waals surface area contributed by atoms with Crippen molar-refractivity contribution >= 4 is 19.7 Å². The van der Waals surface area contributed by atoms with Crippen LogP contribution in [0.5, 0.6) is 0 Å². The maximum atomic E-state index is 12.8. The summed E-state index contributed by atoms with van der Waals surface area (Å²) in [5, 5.41) is -1.77. The minimum absolute atomic E-state index is 0.0457. The fourth-order valence-corrected chi connectivity index (χ4v) is 9.15. The van der Waals surface area contributed by atoms with E-state index in [-0.39, 0.29) is 21.6 Å². The highest BCUT2D eigenvalue weighted by molar-refractivity contribution is 7.98. The zero-order valence-electron chi connectivity index (χ0n) is 10.4. The van der Waals surface area contributed by atoms with Gasteiger partial charge in [-0.05, 0) is 12.1 Å². The Balaban J connectivity index is 2.12. The highest BCUT2D eigenvalue weighted by atomic mass is 32.2. The van der Waals surface area contributed by atoms with Crippen molar-refractivity contribution in [2.45, 2.75) is 20.3 Å². The predicted octanol–water partition coefficient (Wildman–Crippen LogP) is 1.36. The Hall–Kier alpha value is -1.40. The molecule has 0 unspecified atom stereocenters. The van der Waals surface area contributed by atoms with Gasteiger partial charge in [-0.1, -0.05) is 36.4 Å². The van der Waals surface area contributed by atoms with Gasteiger partial charge in [-0.3, -0.25) is 0 Å². The van der Waals surface area contributed by atoms with E-state index in [4.69, 9.17) is 0 Å². The van der Waals surface area contributed by atoms with Crippen LogP contribution in [-0.2, 0) is 19.7 Å². The highest BCUT2D eigenvalue weighted by Crippen LogP contribution is 2.47. The van der Waals surface area contributed by atoms with Crippen LogP contribution < -0.4 is 0 Å². The van der Waals surface area contributed by atoms with Gasteiger partial charge in [0.2, 0.25) is 0 Å². The smallest absolute Gasteiger partial charge is 0.184 e. The average molecular weight is 308 g/mol. The summed E-state index contributed by atoms with van der Waals surface area (Å²) in [4.78, 5) is -0.0915. The second kappa shape index (κ2) is 3.62. The van der Waals surface area contributed by atoms with E-state index < -0.39 is 30.2 Å². The van der Waals surface area contributed by atoms with Crippen molar-refractivity contribution in [2.75, 3.05) is 0 Å². The van der Waals surface area contributed by atoms with Crippen LogP contribution in [0.25, 0.3) is 0 Å². The van der Waals surface area contributed by atoms with Crippen molar-refractivity contribution in [1.82, 2.24) is 0 Å². The van der Waals surface area contributed by atoms with Crippen molar-refractivity contribution < 1.29 is 16.8 Å². The molecule has 0 saturated heterocycles. The minimum Gasteiger partial charge on any atom is -0.223 e. The van der Waals surface area contributed by atoms with Gasteiger partial charge < -0.3 is 0 Å². The third-order valence-electron chi connectivity index (χ3n) is 4.37. The summed E-state index contributed by atoms with van der Waals surface area (Å²) >= 11 is 0. The molecule has 0 N–H and O–H groups in total. The van der Waals surface area contributed by atoms with E-state index in [9.17, 15) is 16.8 Å². The first kappa shape index (κ1) is 12.3.